The first-order valence-corrected chi connectivity index (χ1v) is 5.90. The minimum Gasteiger partial charge on any atom is -0.435 e. The van der Waals surface area contributed by atoms with Crippen LogP contribution in [0.15, 0.2) is 55.8 Å². The molecule has 0 atom stereocenters. The van der Waals surface area contributed by atoms with Crippen molar-refractivity contribution in [2.45, 2.75) is 20.8 Å². The highest BCUT2D eigenvalue weighted by Gasteiger charge is 1.86. The van der Waals surface area contributed by atoms with E-state index in [-0.39, 0.29) is 5.97 Å². The molecule has 0 bridgehead atoms. The van der Waals surface area contributed by atoms with Gasteiger partial charge in [0.1, 0.15) is 0 Å². The number of carbonyl (C=O) groups is 1. The van der Waals surface area contributed by atoms with Crippen LogP contribution in [0, 0.1) is 18.3 Å². The Balaban J connectivity index is 0. The summed E-state index contributed by atoms with van der Waals surface area (Å²) in [5.41, 5.74) is 3.06. The Morgan fingerprint density at radius 1 is 1.30 bits per heavy atom. The zero-order valence-electron chi connectivity index (χ0n) is 12.3. The standard InChI is InChI=1S/C9H10.C4H5N.C4H6O2/c1-3-9-7-5-4-6-8(9)2;1-4(2)3-5;1-3-6-4(2)5/h3-7H,1H2,2H3;1H2,2H3;3H,1H2,2H3. The van der Waals surface area contributed by atoms with Crippen molar-refractivity contribution in [2.24, 2.45) is 0 Å². The third kappa shape index (κ3) is 13.5. The van der Waals surface area contributed by atoms with E-state index in [9.17, 15) is 4.79 Å². The van der Waals surface area contributed by atoms with Crippen LogP contribution in [-0.4, -0.2) is 5.97 Å². The molecule has 0 N–H and O–H groups in total. The van der Waals surface area contributed by atoms with Gasteiger partial charge in [0.15, 0.2) is 0 Å². The van der Waals surface area contributed by atoms with E-state index in [1.807, 2.05) is 24.3 Å². The average molecular weight is 271 g/mol. The van der Waals surface area contributed by atoms with Crippen LogP contribution >= 0.6 is 0 Å². The smallest absolute Gasteiger partial charge is 0.307 e. The van der Waals surface area contributed by atoms with Crippen molar-refractivity contribution in [1.82, 2.24) is 0 Å². The van der Waals surface area contributed by atoms with Crippen molar-refractivity contribution in [3.8, 4) is 6.07 Å². The van der Waals surface area contributed by atoms with Gasteiger partial charge in [-0.2, -0.15) is 5.26 Å². The predicted molar refractivity (Wildman–Crippen MR) is 83.7 cm³/mol. The quantitative estimate of drug-likeness (QED) is 0.454. The number of hydrogen-bond donors (Lipinski definition) is 0. The lowest BCUT2D eigenvalue weighted by Gasteiger charge is -1.95. The number of aryl methyl sites for hydroxylation is 1. The minimum absolute atomic E-state index is 0.329. The molecule has 0 heterocycles. The van der Waals surface area contributed by atoms with E-state index in [0.717, 1.165) is 6.26 Å². The lowest BCUT2D eigenvalue weighted by molar-refractivity contribution is -0.135. The molecule has 0 radical (unpaired) electrons. The van der Waals surface area contributed by atoms with Crippen LogP contribution in [0.3, 0.4) is 0 Å². The SMILES string of the molecule is C=C(C)C#N.C=COC(C)=O.C=Cc1ccccc1C. The summed E-state index contributed by atoms with van der Waals surface area (Å²) in [4.78, 5) is 9.75. The normalized spacial score (nSPS) is 7.50. The average Bonchev–Trinajstić information content (AvgIpc) is 2.40. The second-order valence-electron chi connectivity index (χ2n) is 3.73. The molecule has 20 heavy (non-hydrogen) atoms. The Labute approximate surface area is 121 Å². The third-order valence-electron chi connectivity index (χ3n) is 1.85. The topological polar surface area (TPSA) is 50.1 Å². The number of nitrogens with zero attached hydrogens (tertiary/aromatic N) is 1. The Bertz CT molecular complexity index is 496. The van der Waals surface area contributed by atoms with Gasteiger partial charge in [-0.1, -0.05) is 50.1 Å². The van der Waals surface area contributed by atoms with Gasteiger partial charge in [-0.25, -0.2) is 0 Å². The van der Waals surface area contributed by atoms with E-state index in [2.05, 4.69) is 43.5 Å². The van der Waals surface area contributed by atoms with Crippen LogP contribution in [0.1, 0.15) is 25.0 Å². The Morgan fingerprint density at radius 2 is 1.80 bits per heavy atom. The predicted octanol–water partition coefficient (Wildman–Crippen LogP) is 4.42. The fraction of sp³-hybridized carbons (Fsp3) is 0.176. The molecule has 0 saturated carbocycles. The molecule has 3 nitrogen and oxygen atoms in total. The number of ether oxygens (including phenoxy) is 1. The molecule has 0 fully saturated rings. The van der Waals surface area contributed by atoms with Crippen molar-refractivity contribution in [2.75, 3.05) is 0 Å². The van der Waals surface area contributed by atoms with Crippen molar-refractivity contribution in [1.29, 1.82) is 5.26 Å². The van der Waals surface area contributed by atoms with Crippen LogP contribution in [0.2, 0.25) is 0 Å². The first-order chi connectivity index (χ1) is 9.38. The largest absolute Gasteiger partial charge is 0.435 e. The summed E-state index contributed by atoms with van der Waals surface area (Å²) in [6.45, 7) is 15.2. The van der Waals surface area contributed by atoms with Crippen LogP contribution < -0.4 is 0 Å². The van der Waals surface area contributed by atoms with Gasteiger partial charge in [-0.05, 0) is 25.0 Å². The van der Waals surface area contributed by atoms with Gasteiger partial charge in [0.25, 0.3) is 0 Å². The van der Waals surface area contributed by atoms with E-state index >= 15 is 0 Å². The summed E-state index contributed by atoms with van der Waals surface area (Å²) >= 11 is 0. The molecule has 0 aliphatic heterocycles. The fourth-order valence-electron chi connectivity index (χ4n) is 0.933. The molecule has 0 aliphatic carbocycles. The minimum atomic E-state index is -0.329. The van der Waals surface area contributed by atoms with Gasteiger partial charge in [-0.3, -0.25) is 4.79 Å². The molecule has 0 unspecified atom stereocenters. The third-order valence-corrected chi connectivity index (χ3v) is 1.85. The monoisotopic (exact) mass is 271 g/mol. The first kappa shape index (κ1) is 19.7. The lowest BCUT2D eigenvalue weighted by atomic mass is 10.1. The summed E-state index contributed by atoms with van der Waals surface area (Å²) in [6, 6.07) is 10.0. The van der Waals surface area contributed by atoms with E-state index in [1.54, 1.807) is 6.92 Å². The zero-order valence-corrected chi connectivity index (χ0v) is 12.3. The highest BCUT2D eigenvalue weighted by molar-refractivity contribution is 5.66. The van der Waals surface area contributed by atoms with Gasteiger partial charge >= 0.3 is 5.97 Å². The molecule has 1 rings (SSSR count). The molecule has 0 saturated heterocycles. The Kier molecular flexibility index (Phi) is 12.7. The van der Waals surface area contributed by atoms with Crippen LogP contribution in [-0.2, 0) is 9.53 Å². The Hall–Kier alpha value is -2.60. The van der Waals surface area contributed by atoms with Crippen molar-refractivity contribution in [3.05, 3.63) is 67.0 Å². The zero-order chi connectivity index (χ0) is 16.0. The number of nitriles is 1. The second-order valence-corrected chi connectivity index (χ2v) is 3.73. The van der Waals surface area contributed by atoms with Gasteiger partial charge in [-0.15, -0.1) is 0 Å². The maximum absolute atomic E-state index is 9.75. The number of allylic oxidation sites excluding steroid dienone is 1. The van der Waals surface area contributed by atoms with E-state index in [1.165, 1.54) is 18.1 Å². The Morgan fingerprint density at radius 3 is 2.00 bits per heavy atom. The number of rotatable bonds is 2. The van der Waals surface area contributed by atoms with Crippen molar-refractivity contribution in [3.63, 3.8) is 0 Å². The molecule has 1 aromatic rings. The second kappa shape index (κ2) is 12.8. The van der Waals surface area contributed by atoms with Gasteiger partial charge in [0.05, 0.1) is 12.3 Å². The lowest BCUT2D eigenvalue weighted by Crippen LogP contribution is -1.87. The first-order valence-electron chi connectivity index (χ1n) is 5.90. The van der Waals surface area contributed by atoms with E-state index in [0.29, 0.717) is 5.57 Å². The van der Waals surface area contributed by atoms with Gasteiger partial charge < -0.3 is 4.74 Å². The van der Waals surface area contributed by atoms with Crippen LogP contribution in [0.5, 0.6) is 0 Å². The summed E-state index contributed by atoms with van der Waals surface area (Å²) < 4.78 is 4.17. The number of esters is 1. The fourth-order valence-corrected chi connectivity index (χ4v) is 0.933. The van der Waals surface area contributed by atoms with Gasteiger partial charge in [0.2, 0.25) is 0 Å². The van der Waals surface area contributed by atoms with Crippen molar-refractivity contribution < 1.29 is 9.53 Å². The van der Waals surface area contributed by atoms with Gasteiger partial charge in [0, 0.05) is 12.5 Å². The molecule has 0 amide bonds. The summed E-state index contributed by atoms with van der Waals surface area (Å²) in [6.07, 6.45) is 2.97. The molecule has 3 heteroatoms. The molecule has 106 valence electrons. The highest BCUT2D eigenvalue weighted by atomic mass is 16.5. The number of benzene rings is 1. The molecule has 1 aromatic carbocycles. The summed E-state index contributed by atoms with van der Waals surface area (Å²) in [5, 5.41) is 7.79. The van der Waals surface area contributed by atoms with E-state index < -0.39 is 0 Å². The molecular weight excluding hydrogens is 250 g/mol. The number of hydrogen-bond acceptors (Lipinski definition) is 3. The van der Waals surface area contributed by atoms with Crippen molar-refractivity contribution >= 4 is 12.0 Å². The highest BCUT2D eigenvalue weighted by Crippen LogP contribution is 2.06. The molecule has 0 aromatic heterocycles. The van der Waals surface area contributed by atoms with Crippen LogP contribution in [0.25, 0.3) is 6.08 Å². The van der Waals surface area contributed by atoms with Crippen LogP contribution in [0.4, 0.5) is 0 Å². The summed E-state index contributed by atoms with van der Waals surface area (Å²) in [7, 11) is 0. The molecular formula is C17H21NO2. The maximum atomic E-state index is 9.75. The van der Waals surface area contributed by atoms with E-state index in [4.69, 9.17) is 5.26 Å². The summed E-state index contributed by atoms with van der Waals surface area (Å²) in [5.74, 6) is -0.329. The maximum Gasteiger partial charge on any atom is 0.307 e. The molecule has 0 spiro atoms. The molecule has 0 aliphatic rings. The number of carbonyl (C=O) groups excluding carboxylic acids is 1.